The monoisotopic (exact) mass is 192 g/mol. The molecule has 1 aliphatic carbocycles. The van der Waals surface area contributed by atoms with E-state index < -0.39 is 0 Å². The third kappa shape index (κ3) is 1.26. The summed E-state index contributed by atoms with van der Waals surface area (Å²) in [6.45, 7) is 8.94. The van der Waals surface area contributed by atoms with E-state index in [-0.39, 0.29) is 11.7 Å². The quantitative estimate of drug-likeness (QED) is 0.535. The summed E-state index contributed by atoms with van der Waals surface area (Å²) in [5, 5.41) is 0. The van der Waals surface area contributed by atoms with Gasteiger partial charge in [-0.25, -0.2) is 0 Å². The maximum Gasteiger partial charge on any atom is 0.111 e. The molecule has 2 rings (SSSR count). The van der Waals surface area contributed by atoms with Crippen LogP contribution in [0.1, 0.15) is 34.1 Å². The average Bonchev–Trinajstić information content (AvgIpc) is 2.54. The van der Waals surface area contributed by atoms with E-state index in [0.717, 1.165) is 0 Å². The molecule has 0 fully saturated rings. The van der Waals surface area contributed by atoms with Gasteiger partial charge in [0.15, 0.2) is 0 Å². The zero-order valence-electron chi connectivity index (χ0n) is 9.58. The van der Waals surface area contributed by atoms with Crippen molar-refractivity contribution in [1.29, 1.82) is 0 Å². The summed E-state index contributed by atoms with van der Waals surface area (Å²) >= 11 is 0. The van der Waals surface area contributed by atoms with Gasteiger partial charge in [0.05, 0.1) is 6.10 Å². The second-order valence-electron chi connectivity index (χ2n) is 4.86. The van der Waals surface area contributed by atoms with Gasteiger partial charge in [0.1, 0.15) is 5.60 Å². The lowest BCUT2D eigenvalue weighted by Gasteiger charge is -2.42. The molecule has 14 heavy (non-hydrogen) atoms. The van der Waals surface area contributed by atoms with Crippen molar-refractivity contribution in [2.45, 2.75) is 45.8 Å². The standard InChI is InChI=1S/C13H20O/c1-9-5-6-10(2)13(12(9)4)8-7-11(3)14-13/h6-9,11-12H,5H2,1-4H3/t9-,11?,12+,13-/m0/s1. The molecule has 2 aliphatic rings. The molecule has 1 nitrogen and oxygen atoms in total. The van der Waals surface area contributed by atoms with Gasteiger partial charge < -0.3 is 4.74 Å². The number of allylic oxidation sites excluding steroid dienone is 1. The summed E-state index contributed by atoms with van der Waals surface area (Å²) in [6.07, 6.45) is 8.26. The molecular weight excluding hydrogens is 172 g/mol. The molecule has 0 aromatic rings. The fourth-order valence-corrected chi connectivity index (χ4v) is 2.66. The van der Waals surface area contributed by atoms with Crippen molar-refractivity contribution in [2.75, 3.05) is 0 Å². The predicted molar refractivity (Wildman–Crippen MR) is 59.1 cm³/mol. The molecule has 0 amide bonds. The van der Waals surface area contributed by atoms with Crippen LogP contribution >= 0.6 is 0 Å². The lowest BCUT2D eigenvalue weighted by molar-refractivity contribution is -0.0444. The van der Waals surface area contributed by atoms with Crippen LogP contribution in [0.25, 0.3) is 0 Å². The molecule has 78 valence electrons. The fourth-order valence-electron chi connectivity index (χ4n) is 2.66. The van der Waals surface area contributed by atoms with E-state index in [9.17, 15) is 0 Å². The minimum Gasteiger partial charge on any atom is -0.359 e. The minimum absolute atomic E-state index is 0.0862. The third-order valence-electron chi connectivity index (χ3n) is 3.94. The van der Waals surface area contributed by atoms with Crippen molar-refractivity contribution < 1.29 is 4.74 Å². The number of ether oxygens (including phenoxy) is 1. The molecule has 0 saturated carbocycles. The van der Waals surface area contributed by atoms with E-state index in [2.05, 4.69) is 45.9 Å². The Morgan fingerprint density at radius 2 is 2.07 bits per heavy atom. The topological polar surface area (TPSA) is 9.23 Å². The summed E-state index contributed by atoms with van der Waals surface area (Å²) < 4.78 is 6.11. The largest absolute Gasteiger partial charge is 0.359 e. The van der Waals surface area contributed by atoms with Crippen LogP contribution in [0.5, 0.6) is 0 Å². The molecule has 0 aromatic heterocycles. The lowest BCUT2D eigenvalue weighted by atomic mass is 9.71. The number of hydrogen-bond donors (Lipinski definition) is 0. The highest BCUT2D eigenvalue weighted by Crippen LogP contribution is 2.44. The van der Waals surface area contributed by atoms with E-state index in [4.69, 9.17) is 4.74 Å². The smallest absolute Gasteiger partial charge is 0.111 e. The SMILES string of the molecule is CC1=CC[C@H](C)[C@@H](C)[C@]12C=CC(C)O2. The predicted octanol–water partition coefficient (Wildman–Crippen LogP) is 3.32. The summed E-state index contributed by atoms with van der Waals surface area (Å²) in [5.74, 6) is 1.31. The Morgan fingerprint density at radius 1 is 1.36 bits per heavy atom. The summed E-state index contributed by atoms with van der Waals surface area (Å²) in [4.78, 5) is 0. The maximum absolute atomic E-state index is 6.11. The van der Waals surface area contributed by atoms with Crippen LogP contribution in [0, 0.1) is 11.8 Å². The molecule has 4 atom stereocenters. The van der Waals surface area contributed by atoms with Crippen LogP contribution in [0.2, 0.25) is 0 Å². The van der Waals surface area contributed by atoms with Crippen molar-refractivity contribution in [3.05, 3.63) is 23.8 Å². The molecule has 0 saturated heterocycles. The zero-order valence-corrected chi connectivity index (χ0v) is 9.58. The van der Waals surface area contributed by atoms with Crippen molar-refractivity contribution in [2.24, 2.45) is 11.8 Å². The molecule has 0 radical (unpaired) electrons. The molecule has 0 bridgehead atoms. The first-order valence-electron chi connectivity index (χ1n) is 5.60. The number of hydrogen-bond acceptors (Lipinski definition) is 1. The molecule has 0 N–H and O–H groups in total. The normalized spacial score (nSPS) is 47.1. The highest BCUT2D eigenvalue weighted by molar-refractivity contribution is 5.32. The van der Waals surface area contributed by atoms with Crippen LogP contribution in [-0.2, 0) is 4.74 Å². The first kappa shape index (κ1) is 9.97. The molecular formula is C13H20O. The Labute approximate surface area is 86.8 Å². The van der Waals surface area contributed by atoms with Gasteiger partial charge in [-0.2, -0.15) is 0 Å². The van der Waals surface area contributed by atoms with Crippen LogP contribution in [-0.4, -0.2) is 11.7 Å². The second-order valence-corrected chi connectivity index (χ2v) is 4.86. The highest BCUT2D eigenvalue weighted by atomic mass is 16.5. The first-order chi connectivity index (χ1) is 6.56. The maximum atomic E-state index is 6.11. The molecule has 0 aromatic carbocycles. The first-order valence-corrected chi connectivity index (χ1v) is 5.60. The molecule has 1 heteroatoms. The molecule has 1 heterocycles. The van der Waals surface area contributed by atoms with Crippen LogP contribution in [0.3, 0.4) is 0 Å². The summed E-state index contributed by atoms with van der Waals surface area (Å²) in [5.41, 5.74) is 1.31. The van der Waals surface area contributed by atoms with Crippen molar-refractivity contribution in [3.63, 3.8) is 0 Å². The Balaban J connectivity index is 2.36. The summed E-state index contributed by atoms with van der Waals surface area (Å²) in [7, 11) is 0. The highest BCUT2D eigenvalue weighted by Gasteiger charge is 2.44. The second kappa shape index (κ2) is 3.23. The van der Waals surface area contributed by atoms with Crippen molar-refractivity contribution >= 4 is 0 Å². The average molecular weight is 192 g/mol. The van der Waals surface area contributed by atoms with Crippen molar-refractivity contribution in [3.8, 4) is 0 Å². The Kier molecular flexibility index (Phi) is 2.30. The zero-order chi connectivity index (χ0) is 10.3. The summed E-state index contributed by atoms with van der Waals surface area (Å²) in [6, 6.07) is 0. The minimum atomic E-state index is -0.0862. The van der Waals surface area contributed by atoms with E-state index in [1.807, 2.05) is 0 Å². The fraction of sp³-hybridized carbons (Fsp3) is 0.692. The van der Waals surface area contributed by atoms with Gasteiger partial charge in [0.2, 0.25) is 0 Å². The molecule has 1 aliphatic heterocycles. The van der Waals surface area contributed by atoms with Crippen molar-refractivity contribution in [1.82, 2.24) is 0 Å². The molecule has 1 unspecified atom stereocenters. The van der Waals surface area contributed by atoms with Gasteiger partial charge >= 0.3 is 0 Å². The lowest BCUT2D eigenvalue weighted by Crippen LogP contribution is -2.43. The van der Waals surface area contributed by atoms with Gasteiger partial charge in [-0.05, 0) is 43.8 Å². The Hall–Kier alpha value is -0.560. The van der Waals surface area contributed by atoms with Gasteiger partial charge in [0.25, 0.3) is 0 Å². The Bertz CT molecular complexity index is 290. The van der Waals surface area contributed by atoms with Gasteiger partial charge in [-0.15, -0.1) is 0 Å². The molecule has 1 spiro atoms. The van der Waals surface area contributed by atoms with Gasteiger partial charge in [0, 0.05) is 0 Å². The van der Waals surface area contributed by atoms with Gasteiger partial charge in [-0.1, -0.05) is 26.0 Å². The van der Waals surface area contributed by atoms with E-state index in [1.165, 1.54) is 12.0 Å². The van der Waals surface area contributed by atoms with Crippen LogP contribution in [0.15, 0.2) is 23.8 Å². The van der Waals surface area contributed by atoms with Crippen LogP contribution in [0.4, 0.5) is 0 Å². The third-order valence-corrected chi connectivity index (χ3v) is 3.94. The van der Waals surface area contributed by atoms with Gasteiger partial charge in [-0.3, -0.25) is 0 Å². The Morgan fingerprint density at radius 3 is 2.64 bits per heavy atom. The van der Waals surface area contributed by atoms with E-state index in [1.54, 1.807) is 0 Å². The van der Waals surface area contributed by atoms with Crippen LogP contribution < -0.4 is 0 Å². The van der Waals surface area contributed by atoms with E-state index in [0.29, 0.717) is 11.8 Å². The number of rotatable bonds is 0. The van der Waals surface area contributed by atoms with E-state index >= 15 is 0 Å².